The van der Waals surface area contributed by atoms with Crippen molar-refractivity contribution in [2.24, 2.45) is 0 Å². The molecule has 3 aromatic carbocycles. The maximum absolute atomic E-state index is 6.03. The van der Waals surface area contributed by atoms with Crippen molar-refractivity contribution in [2.45, 2.75) is 19.5 Å². The van der Waals surface area contributed by atoms with Crippen LogP contribution in [-0.2, 0) is 13.1 Å². The summed E-state index contributed by atoms with van der Waals surface area (Å²) in [6, 6.07) is 26.7. The molecule has 0 unspecified atom stereocenters. The Morgan fingerprint density at radius 2 is 1.50 bits per heavy atom. The third kappa shape index (κ3) is 7.28. The van der Waals surface area contributed by atoms with Gasteiger partial charge in [-0.05, 0) is 69.0 Å². The van der Waals surface area contributed by atoms with Gasteiger partial charge in [0.1, 0.15) is 23.1 Å². The minimum absolute atomic E-state index is 0.769. The lowest BCUT2D eigenvalue weighted by molar-refractivity contribution is 0.120. The Labute approximate surface area is 226 Å². The van der Waals surface area contributed by atoms with Gasteiger partial charge in [-0.25, -0.2) is 9.97 Å². The molecule has 38 heavy (non-hydrogen) atoms. The fourth-order valence-corrected chi connectivity index (χ4v) is 4.83. The summed E-state index contributed by atoms with van der Waals surface area (Å²) in [6.07, 6.45) is 1.07. The summed E-state index contributed by atoms with van der Waals surface area (Å²) >= 11 is 0. The molecular formula is C31H38N6O. The number of para-hydroxylation sites is 2. The quantitative estimate of drug-likeness (QED) is 0.282. The van der Waals surface area contributed by atoms with Crippen molar-refractivity contribution in [2.75, 3.05) is 58.7 Å². The van der Waals surface area contributed by atoms with Crippen LogP contribution in [0.5, 0.6) is 11.5 Å². The minimum Gasteiger partial charge on any atom is -0.457 e. The largest absolute Gasteiger partial charge is 0.457 e. The van der Waals surface area contributed by atoms with Gasteiger partial charge in [-0.2, -0.15) is 0 Å². The number of aromatic nitrogens is 2. The van der Waals surface area contributed by atoms with E-state index in [4.69, 9.17) is 14.7 Å². The molecule has 1 saturated heterocycles. The monoisotopic (exact) mass is 510 g/mol. The van der Waals surface area contributed by atoms with E-state index < -0.39 is 0 Å². The molecule has 7 heteroatoms. The average Bonchev–Trinajstić information content (AvgIpc) is 2.93. The standard InChI is InChI=1S/C31H38N6O/c1-35(2)17-9-16-32-31-28-14-6-7-15-29(28)33-30(34-31)24-37-20-18-36(19-21-37)23-25-10-8-13-27(22-25)38-26-11-4-3-5-12-26/h3-8,10-15,22H,9,16-21,23-24H2,1-2H3,(H,32,33,34). The Morgan fingerprint density at radius 1 is 0.789 bits per heavy atom. The molecule has 0 bridgehead atoms. The molecule has 0 saturated carbocycles. The number of nitrogens with zero attached hydrogens (tertiary/aromatic N) is 5. The molecule has 1 aliphatic heterocycles. The SMILES string of the molecule is CN(C)CCCNc1nc(CN2CCN(Cc3cccc(Oc4ccccc4)c3)CC2)nc2ccccc12. The van der Waals surface area contributed by atoms with Gasteiger partial charge in [-0.15, -0.1) is 0 Å². The van der Waals surface area contributed by atoms with Crippen molar-refractivity contribution >= 4 is 16.7 Å². The number of nitrogens with one attached hydrogen (secondary N) is 1. The van der Waals surface area contributed by atoms with Crippen molar-refractivity contribution in [3.8, 4) is 11.5 Å². The zero-order valence-corrected chi connectivity index (χ0v) is 22.5. The van der Waals surface area contributed by atoms with Gasteiger partial charge in [0.25, 0.3) is 0 Å². The van der Waals surface area contributed by atoms with Crippen LogP contribution in [-0.4, -0.2) is 78.0 Å². The molecule has 1 N–H and O–H groups in total. The van der Waals surface area contributed by atoms with Crippen LogP contribution in [0.1, 0.15) is 17.8 Å². The summed E-state index contributed by atoms with van der Waals surface area (Å²) < 4.78 is 6.03. The van der Waals surface area contributed by atoms with Crippen LogP contribution in [0.3, 0.4) is 0 Å². The van der Waals surface area contributed by atoms with E-state index >= 15 is 0 Å². The fraction of sp³-hybridized carbons (Fsp3) is 0.355. The second kappa shape index (κ2) is 12.8. The molecule has 7 nitrogen and oxygen atoms in total. The molecular weight excluding hydrogens is 472 g/mol. The number of hydrogen-bond donors (Lipinski definition) is 1. The van der Waals surface area contributed by atoms with Crippen molar-refractivity contribution in [1.82, 2.24) is 24.7 Å². The summed E-state index contributed by atoms with van der Waals surface area (Å²) in [7, 11) is 4.21. The minimum atomic E-state index is 0.769. The Kier molecular flexibility index (Phi) is 8.81. The Hall–Kier alpha value is -3.52. The highest BCUT2D eigenvalue weighted by molar-refractivity contribution is 5.88. The maximum Gasteiger partial charge on any atom is 0.145 e. The summed E-state index contributed by atoms with van der Waals surface area (Å²) in [5.74, 6) is 3.58. The molecule has 4 aromatic rings. The summed E-state index contributed by atoms with van der Waals surface area (Å²) in [4.78, 5) is 17.0. The van der Waals surface area contributed by atoms with E-state index in [1.54, 1.807) is 0 Å². The highest BCUT2D eigenvalue weighted by atomic mass is 16.5. The molecule has 0 spiro atoms. The smallest absolute Gasteiger partial charge is 0.145 e. The van der Waals surface area contributed by atoms with Crippen molar-refractivity contribution in [1.29, 1.82) is 0 Å². The normalized spacial score (nSPS) is 14.7. The van der Waals surface area contributed by atoms with E-state index in [9.17, 15) is 0 Å². The number of ether oxygens (including phenoxy) is 1. The van der Waals surface area contributed by atoms with E-state index in [0.29, 0.717) is 0 Å². The zero-order chi connectivity index (χ0) is 26.2. The van der Waals surface area contributed by atoms with Crippen molar-refractivity contribution in [3.63, 3.8) is 0 Å². The molecule has 1 aromatic heterocycles. The maximum atomic E-state index is 6.03. The van der Waals surface area contributed by atoms with E-state index in [1.807, 2.05) is 42.5 Å². The first-order valence-electron chi connectivity index (χ1n) is 13.5. The van der Waals surface area contributed by atoms with Crippen LogP contribution in [0.4, 0.5) is 5.82 Å². The van der Waals surface area contributed by atoms with E-state index in [1.165, 1.54) is 5.56 Å². The van der Waals surface area contributed by atoms with Gasteiger partial charge in [0, 0.05) is 44.7 Å². The first-order valence-corrected chi connectivity index (χ1v) is 13.5. The van der Waals surface area contributed by atoms with Gasteiger partial charge in [0.15, 0.2) is 0 Å². The Balaban J connectivity index is 1.16. The lowest BCUT2D eigenvalue weighted by Gasteiger charge is -2.34. The molecule has 198 valence electrons. The lowest BCUT2D eigenvalue weighted by Crippen LogP contribution is -2.45. The van der Waals surface area contributed by atoms with Gasteiger partial charge in [-0.1, -0.05) is 42.5 Å². The number of rotatable bonds is 11. The van der Waals surface area contributed by atoms with Crippen molar-refractivity contribution in [3.05, 3.63) is 90.3 Å². The molecule has 0 atom stereocenters. The Morgan fingerprint density at radius 3 is 2.29 bits per heavy atom. The van der Waals surface area contributed by atoms with Gasteiger partial charge in [-0.3, -0.25) is 9.80 Å². The highest BCUT2D eigenvalue weighted by Gasteiger charge is 2.19. The molecule has 2 heterocycles. The highest BCUT2D eigenvalue weighted by Crippen LogP contribution is 2.23. The number of hydrogen-bond acceptors (Lipinski definition) is 7. The van der Waals surface area contributed by atoms with Gasteiger partial charge in [0.2, 0.25) is 0 Å². The number of piperazine rings is 1. The van der Waals surface area contributed by atoms with E-state index in [0.717, 1.165) is 92.8 Å². The summed E-state index contributed by atoms with van der Waals surface area (Å²) in [5, 5.41) is 4.65. The summed E-state index contributed by atoms with van der Waals surface area (Å²) in [6.45, 7) is 7.69. The molecule has 1 aliphatic rings. The van der Waals surface area contributed by atoms with E-state index in [2.05, 4.69) is 70.5 Å². The predicted octanol–water partition coefficient (Wildman–Crippen LogP) is 5.10. The predicted molar refractivity (Wildman–Crippen MR) is 155 cm³/mol. The second-order valence-corrected chi connectivity index (χ2v) is 10.2. The van der Waals surface area contributed by atoms with Crippen LogP contribution in [0, 0.1) is 0 Å². The number of anilines is 1. The van der Waals surface area contributed by atoms with Gasteiger partial charge in [0.05, 0.1) is 12.1 Å². The number of benzene rings is 3. The average molecular weight is 511 g/mol. The molecule has 1 fully saturated rings. The number of fused-ring (bicyclic) bond motifs is 1. The van der Waals surface area contributed by atoms with Crippen LogP contribution >= 0.6 is 0 Å². The lowest BCUT2D eigenvalue weighted by atomic mass is 10.2. The zero-order valence-electron chi connectivity index (χ0n) is 22.5. The topological polar surface area (TPSA) is 56.8 Å². The first kappa shape index (κ1) is 26.1. The third-order valence-corrected chi connectivity index (χ3v) is 6.84. The van der Waals surface area contributed by atoms with Crippen molar-refractivity contribution < 1.29 is 4.74 Å². The van der Waals surface area contributed by atoms with Crippen LogP contribution < -0.4 is 10.1 Å². The van der Waals surface area contributed by atoms with Crippen LogP contribution in [0.15, 0.2) is 78.9 Å². The molecule has 0 amide bonds. The van der Waals surface area contributed by atoms with Crippen LogP contribution in [0.25, 0.3) is 10.9 Å². The van der Waals surface area contributed by atoms with Gasteiger partial charge < -0.3 is 15.0 Å². The first-order chi connectivity index (χ1) is 18.6. The fourth-order valence-electron chi connectivity index (χ4n) is 4.83. The van der Waals surface area contributed by atoms with E-state index in [-0.39, 0.29) is 0 Å². The summed E-state index contributed by atoms with van der Waals surface area (Å²) in [5.41, 5.74) is 2.28. The Bertz CT molecular complexity index is 1300. The molecule has 0 aliphatic carbocycles. The second-order valence-electron chi connectivity index (χ2n) is 10.2. The van der Waals surface area contributed by atoms with Crippen LogP contribution in [0.2, 0.25) is 0 Å². The molecule has 0 radical (unpaired) electrons. The van der Waals surface area contributed by atoms with Gasteiger partial charge >= 0.3 is 0 Å². The molecule has 5 rings (SSSR count). The third-order valence-electron chi connectivity index (χ3n) is 6.84.